The van der Waals surface area contributed by atoms with Crippen LogP contribution in [0.15, 0.2) is 36.5 Å². The standard InChI is InChI=1S/C11H13N3O/c1-2-15-10-5-3-9(4-6-10)14-8-7-11(12)13-14/h3-8H,2H2,1H3,(H2,12,13). The highest BCUT2D eigenvalue weighted by Crippen LogP contribution is 2.15. The second-order valence-electron chi connectivity index (χ2n) is 3.11. The SMILES string of the molecule is CCOc1ccc(-n2ccc(N)n2)cc1. The molecule has 0 fully saturated rings. The van der Waals surface area contributed by atoms with E-state index in [1.54, 1.807) is 10.7 Å². The van der Waals surface area contributed by atoms with E-state index < -0.39 is 0 Å². The summed E-state index contributed by atoms with van der Waals surface area (Å²) in [4.78, 5) is 0. The minimum atomic E-state index is 0.517. The molecule has 0 aliphatic carbocycles. The van der Waals surface area contributed by atoms with Crippen LogP contribution in [0.5, 0.6) is 5.75 Å². The zero-order valence-electron chi connectivity index (χ0n) is 8.55. The maximum absolute atomic E-state index is 5.54. The molecule has 0 unspecified atom stereocenters. The molecule has 2 rings (SSSR count). The minimum absolute atomic E-state index is 0.517. The molecule has 0 radical (unpaired) electrons. The first-order valence-corrected chi connectivity index (χ1v) is 4.84. The predicted octanol–water partition coefficient (Wildman–Crippen LogP) is 1.85. The summed E-state index contributed by atoms with van der Waals surface area (Å²) < 4.78 is 7.07. The van der Waals surface area contributed by atoms with Gasteiger partial charge in [-0.05, 0) is 31.2 Å². The highest BCUT2D eigenvalue weighted by Gasteiger charge is 1.98. The quantitative estimate of drug-likeness (QED) is 0.828. The molecule has 2 N–H and O–H groups in total. The predicted molar refractivity (Wildman–Crippen MR) is 59.1 cm³/mol. The van der Waals surface area contributed by atoms with Gasteiger partial charge in [0.1, 0.15) is 11.6 Å². The molecule has 0 bridgehead atoms. The lowest BCUT2D eigenvalue weighted by Crippen LogP contribution is -1.97. The molecular weight excluding hydrogens is 190 g/mol. The number of hydrogen-bond acceptors (Lipinski definition) is 3. The zero-order chi connectivity index (χ0) is 10.7. The van der Waals surface area contributed by atoms with Crippen LogP contribution in [0.3, 0.4) is 0 Å². The lowest BCUT2D eigenvalue weighted by molar-refractivity contribution is 0.340. The van der Waals surface area contributed by atoms with Crippen molar-refractivity contribution in [3.05, 3.63) is 36.5 Å². The molecule has 78 valence electrons. The third kappa shape index (κ3) is 2.10. The summed E-state index contributed by atoms with van der Waals surface area (Å²) in [5, 5.41) is 4.11. The van der Waals surface area contributed by atoms with E-state index in [0.717, 1.165) is 11.4 Å². The van der Waals surface area contributed by atoms with E-state index in [0.29, 0.717) is 12.4 Å². The van der Waals surface area contributed by atoms with Gasteiger partial charge in [0.15, 0.2) is 0 Å². The van der Waals surface area contributed by atoms with Crippen molar-refractivity contribution in [2.45, 2.75) is 6.92 Å². The Hall–Kier alpha value is -1.97. The largest absolute Gasteiger partial charge is 0.494 e. The Kier molecular flexibility index (Phi) is 2.58. The Morgan fingerprint density at radius 1 is 1.27 bits per heavy atom. The lowest BCUT2D eigenvalue weighted by Gasteiger charge is -2.04. The van der Waals surface area contributed by atoms with Gasteiger partial charge in [-0.3, -0.25) is 0 Å². The number of nitrogen functional groups attached to an aromatic ring is 1. The van der Waals surface area contributed by atoms with Crippen LogP contribution >= 0.6 is 0 Å². The van der Waals surface area contributed by atoms with Gasteiger partial charge in [-0.15, -0.1) is 0 Å². The summed E-state index contributed by atoms with van der Waals surface area (Å²) in [6, 6.07) is 9.47. The molecule has 0 amide bonds. The molecule has 1 aromatic heterocycles. The van der Waals surface area contributed by atoms with Crippen molar-refractivity contribution >= 4 is 5.82 Å². The molecule has 0 aliphatic heterocycles. The van der Waals surface area contributed by atoms with E-state index in [1.807, 2.05) is 37.4 Å². The van der Waals surface area contributed by atoms with E-state index >= 15 is 0 Å². The summed E-state index contributed by atoms with van der Waals surface area (Å²) in [5.41, 5.74) is 6.50. The monoisotopic (exact) mass is 203 g/mol. The fraction of sp³-hybridized carbons (Fsp3) is 0.182. The summed E-state index contributed by atoms with van der Waals surface area (Å²) in [6.07, 6.45) is 1.82. The van der Waals surface area contributed by atoms with Gasteiger partial charge in [0.2, 0.25) is 0 Å². The number of benzene rings is 1. The molecule has 1 aromatic carbocycles. The van der Waals surface area contributed by atoms with Crippen LogP contribution in [0, 0.1) is 0 Å². The Balaban J connectivity index is 2.23. The molecule has 2 aromatic rings. The highest BCUT2D eigenvalue weighted by atomic mass is 16.5. The molecule has 0 saturated heterocycles. The van der Waals surface area contributed by atoms with Crippen molar-refractivity contribution in [2.24, 2.45) is 0 Å². The minimum Gasteiger partial charge on any atom is -0.494 e. The van der Waals surface area contributed by atoms with E-state index in [-0.39, 0.29) is 0 Å². The molecular formula is C11H13N3O. The van der Waals surface area contributed by atoms with Crippen LogP contribution in [-0.2, 0) is 0 Å². The fourth-order valence-electron chi connectivity index (χ4n) is 1.34. The van der Waals surface area contributed by atoms with Crippen LogP contribution in [0.2, 0.25) is 0 Å². The Morgan fingerprint density at radius 2 is 2.00 bits per heavy atom. The van der Waals surface area contributed by atoms with E-state index in [1.165, 1.54) is 0 Å². The Morgan fingerprint density at radius 3 is 2.53 bits per heavy atom. The van der Waals surface area contributed by atoms with Crippen molar-refractivity contribution in [3.8, 4) is 11.4 Å². The molecule has 4 nitrogen and oxygen atoms in total. The average Bonchev–Trinajstić information content (AvgIpc) is 2.67. The van der Waals surface area contributed by atoms with E-state index in [9.17, 15) is 0 Å². The Bertz CT molecular complexity index is 433. The number of hydrogen-bond donors (Lipinski definition) is 1. The van der Waals surface area contributed by atoms with Crippen LogP contribution in [0.4, 0.5) is 5.82 Å². The van der Waals surface area contributed by atoms with Crippen molar-refractivity contribution < 1.29 is 4.74 Å². The van der Waals surface area contributed by atoms with Gasteiger partial charge in [-0.25, -0.2) is 4.68 Å². The summed E-state index contributed by atoms with van der Waals surface area (Å²) in [6.45, 7) is 2.64. The van der Waals surface area contributed by atoms with Gasteiger partial charge in [0.25, 0.3) is 0 Å². The molecule has 4 heteroatoms. The first-order chi connectivity index (χ1) is 7.29. The van der Waals surface area contributed by atoms with Crippen LogP contribution in [-0.4, -0.2) is 16.4 Å². The summed E-state index contributed by atoms with van der Waals surface area (Å²) >= 11 is 0. The van der Waals surface area contributed by atoms with Crippen LogP contribution in [0.25, 0.3) is 5.69 Å². The molecule has 1 heterocycles. The number of aromatic nitrogens is 2. The lowest BCUT2D eigenvalue weighted by atomic mass is 10.3. The normalized spacial score (nSPS) is 10.2. The molecule has 0 saturated carbocycles. The molecule has 15 heavy (non-hydrogen) atoms. The van der Waals surface area contributed by atoms with Gasteiger partial charge in [0.05, 0.1) is 12.3 Å². The van der Waals surface area contributed by atoms with E-state index in [4.69, 9.17) is 10.5 Å². The number of nitrogens with two attached hydrogens (primary N) is 1. The molecule has 0 atom stereocenters. The van der Waals surface area contributed by atoms with Crippen molar-refractivity contribution in [3.63, 3.8) is 0 Å². The topological polar surface area (TPSA) is 53.1 Å². The molecule has 0 aliphatic rings. The highest BCUT2D eigenvalue weighted by molar-refractivity contribution is 5.38. The Labute approximate surface area is 88.3 Å². The number of ether oxygens (including phenoxy) is 1. The molecule has 0 spiro atoms. The van der Waals surface area contributed by atoms with Crippen LogP contribution < -0.4 is 10.5 Å². The average molecular weight is 203 g/mol. The zero-order valence-corrected chi connectivity index (χ0v) is 8.55. The van der Waals surface area contributed by atoms with Gasteiger partial charge >= 0.3 is 0 Å². The summed E-state index contributed by atoms with van der Waals surface area (Å²) in [5.74, 6) is 1.38. The van der Waals surface area contributed by atoms with Crippen molar-refractivity contribution in [1.82, 2.24) is 9.78 Å². The smallest absolute Gasteiger partial charge is 0.145 e. The number of nitrogens with zero attached hydrogens (tertiary/aromatic N) is 2. The number of anilines is 1. The maximum Gasteiger partial charge on any atom is 0.145 e. The van der Waals surface area contributed by atoms with Gasteiger partial charge in [0, 0.05) is 12.3 Å². The van der Waals surface area contributed by atoms with Crippen LogP contribution in [0.1, 0.15) is 6.92 Å². The van der Waals surface area contributed by atoms with Gasteiger partial charge in [-0.1, -0.05) is 0 Å². The van der Waals surface area contributed by atoms with Gasteiger partial charge < -0.3 is 10.5 Å². The fourth-order valence-corrected chi connectivity index (χ4v) is 1.34. The summed E-state index contributed by atoms with van der Waals surface area (Å²) in [7, 11) is 0. The number of rotatable bonds is 3. The van der Waals surface area contributed by atoms with Crippen molar-refractivity contribution in [1.29, 1.82) is 0 Å². The second-order valence-corrected chi connectivity index (χ2v) is 3.11. The first kappa shape index (κ1) is 9.58. The third-order valence-electron chi connectivity index (χ3n) is 2.02. The first-order valence-electron chi connectivity index (χ1n) is 4.84. The maximum atomic E-state index is 5.54. The second kappa shape index (κ2) is 4.04. The van der Waals surface area contributed by atoms with E-state index in [2.05, 4.69) is 5.10 Å². The third-order valence-corrected chi connectivity index (χ3v) is 2.02. The van der Waals surface area contributed by atoms with Crippen molar-refractivity contribution in [2.75, 3.05) is 12.3 Å². The van der Waals surface area contributed by atoms with Gasteiger partial charge in [-0.2, -0.15) is 5.10 Å².